The second-order valence-corrected chi connectivity index (χ2v) is 5.68. The summed E-state index contributed by atoms with van der Waals surface area (Å²) in [6, 6.07) is 6.43. The molecule has 0 saturated carbocycles. The van der Waals surface area contributed by atoms with Gasteiger partial charge in [-0.2, -0.15) is 0 Å². The molecule has 20 heavy (non-hydrogen) atoms. The minimum atomic E-state index is -0.222. The molecule has 1 aromatic rings. The number of carbonyl (C=O) groups is 1. The maximum atomic E-state index is 12.8. The van der Waals surface area contributed by atoms with E-state index < -0.39 is 0 Å². The van der Waals surface area contributed by atoms with Gasteiger partial charge in [0.25, 0.3) is 0 Å². The number of nitrogens with zero attached hydrogens (tertiary/aromatic N) is 1. The molecule has 0 spiro atoms. The number of amides is 1. The van der Waals surface area contributed by atoms with Crippen molar-refractivity contribution in [2.24, 2.45) is 5.92 Å². The summed E-state index contributed by atoms with van der Waals surface area (Å²) in [5.74, 6) is 0.443. The van der Waals surface area contributed by atoms with Gasteiger partial charge < -0.3 is 10.2 Å². The monoisotopic (exact) mass is 278 g/mol. The second kappa shape index (κ2) is 7.39. The summed E-state index contributed by atoms with van der Waals surface area (Å²) < 4.78 is 12.8. The predicted octanol–water partition coefficient (Wildman–Crippen LogP) is 2.22. The van der Waals surface area contributed by atoms with Gasteiger partial charge in [-0.15, -0.1) is 0 Å². The Hall–Kier alpha value is -1.42. The van der Waals surface area contributed by atoms with Gasteiger partial charge in [0, 0.05) is 13.0 Å². The third-order valence-electron chi connectivity index (χ3n) is 3.96. The van der Waals surface area contributed by atoms with E-state index >= 15 is 0 Å². The van der Waals surface area contributed by atoms with E-state index in [0.29, 0.717) is 18.9 Å². The lowest BCUT2D eigenvalue weighted by Gasteiger charge is -2.28. The highest BCUT2D eigenvalue weighted by Crippen LogP contribution is 2.19. The van der Waals surface area contributed by atoms with Crippen molar-refractivity contribution in [3.63, 3.8) is 0 Å². The number of hydrogen-bond donors (Lipinski definition) is 1. The zero-order chi connectivity index (χ0) is 14.4. The van der Waals surface area contributed by atoms with Gasteiger partial charge in [0.15, 0.2) is 0 Å². The number of benzene rings is 1. The number of hydrogen-bond acceptors (Lipinski definition) is 2. The lowest BCUT2D eigenvalue weighted by molar-refractivity contribution is -0.122. The molecule has 1 aliphatic heterocycles. The zero-order valence-corrected chi connectivity index (χ0v) is 12.1. The summed E-state index contributed by atoms with van der Waals surface area (Å²) in [5.41, 5.74) is 1.05. The molecule has 1 heterocycles. The van der Waals surface area contributed by atoms with Crippen LogP contribution in [0.3, 0.4) is 0 Å². The second-order valence-electron chi connectivity index (χ2n) is 5.68. The van der Waals surface area contributed by atoms with Crippen molar-refractivity contribution < 1.29 is 9.18 Å². The molecule has 1 N–H and O–H groups in total. The van der Waals surface area contributed by atoms with Gasteiger partial charge in [-0.05, 0) is 63.0 Å². The van der Waals surface area contributed by atoms with Gasteiger partial charge in [-0.3, -0.25) is 4.79 Å². The molecule has 4 heteroatoms. The standard InChI is InChI=1S/C16H23FN2O/c1-19-10-7-14(8-11-19)12-16(20)18-9-6-13-2-4-15(17)5-3-13/h2-5,14H,6-12H2,1H3,(H,18,20). The summed E-state index contributed by atoms with van der Waals surface area (Å²) in [7, 11) is 2.12. The van der Waals surface area contributed by atoms with Crippen LogP contribution < -0.4 is 5.32 Å². The van der Waals surface area contributed by atoms with E-state index in [1.54, 1.807) is 12.1 Å². The maximum absolute atomic E-state index is 12.8. The van der Waals surface area contributed by atoms with Crippen LogP contribution in [0, 0.1) is 11.7 Å². The number of piperidine rings is 1. The number of halogens is 1. The van der Waals surface area contributed by atoms with Crippen LogP contribution >= 0.6 is 0 Å². The summed E-state index contributed by atoms with van der Waals surface area (Å²) in [6.45, 7) is 2.80. The van der Waals surface area contributed by atoms with Crippen LogP contribution in [0.5, 0.6) is 0 Å². The minimum Gasteiger partial charge on any atom is -0.356 e. The van der Waals surface area contributed by atoms with Crippen molar-refractivity contribution in [1.29, 1.82) is 0 Å². The average molecular weight is 278 g/mol. The van der Waals surface area contributed by atoms with E-state index in [4.69, 9.17) is 0 Å². The Morgan fingerprint density at radius 3 is 2.60 bits per heavy atom. The molecule has 0 radical (unpaired) electrons. The predicted molar refractivity (Wildman–Crippen MR) is 78.0 cm³/mol. The Bertz CT molecular complexity index is 425. The van der Waals surface area contributed by atoms with Gasteiger partial charge in [-0.1, -0.05) is 12.1 Å². The Morgan fingerprint density at radius 2 is 1.95 bits per heavy atom. The SMILES string of the molecule is CN1CCC(CC(=O)NCCc2ccc(F)cc2)CC1. The molecule has 1 fully saturated rings. The van der Waals surface area contributed by atoms with Crippen LogP contribution in [0.15, 0.2) is 24.3 Å². The first-order chi connectivity index (χ1) is 9.63. The van der Waals surface area contributed by atoms with E-state index in [2.05, 4.69) is 17.3 Å². The highest BCUT2D eigenvalue weighted by molar-refractivity contribution is 5.76. The first kappa shape index (κ1) is 15.0. The van der Waals surface area contributed by atoms with E-state index in [0.717, 1.165) is 37.9 Å². The van der Waals surface area contributed by atoms with Crippen LogP contribution in [0.25, 0.3) is 0 Å². The Morgan fingerprint density at radius 1 is 1.30 bits per heavy atom. The fraction of sp³-hybridized carbons (Fsp3) is 0.562. The van der Waals surface area contributed by atoms with E-state index in [9.17, 15) is 9.18 Å². The fourth-order valence-electron chi connectivity index (χ4n) is 2.60. The van der Waals surface area contributed by atoms with Crippen molar-refractivity contribution in [2.45, 2.75) is 25.7 Å². The van der Waals surface area contributed by atoms with E-state index in [1.165, 1.54) is 12.1 Å². The first-order valence-electron chi connectivity index (χ1n) is 7.33. The quantitative estimate of drug-likeness (QED) is 0.895. The summed E-state index contributed by atoms with van der Waals surface area (Å²) in [4.78, 5) is 14.2. The van der Waals surface area contributed by atoms with Crippen molar-refractivity contribution in [1.82, 2.24) is 10.2 Å². The number of nitrogens with one attached hydrogen (secondary N) is 1. The maximum Gasteiger partial charge on any atom is 0.220 e. The molecule has 0 unspecified atom stereocenters. The molecule has 0 atom stereocenters. The first-order valence-corrected chi connectivity index (χ1v) is 7.33. The van der Waals surface area contributed by atoms with Crippen LogP contribution in [0.4, 0.5) is 4.39 Å². The van der Waals surface area contributed by atoms with Crippen molar-refractivity contribution in [3.05, 3.63) is 35.6 Å². The topological polar surface area (TPSA) is 32.3 Å². The number of rotatable bonds is 5. The Kier molecular flexibility index (Phi) is 5.53. The summed E-state index contributed by atoms with van der Waals surface area (Å²) >= 11 is 0. The molecular formula is C16H23FN2O. The molecule has 0 bridgehead atoms. The largest absolute Gasteiger partial charge is 0.356 e. The number of carbonyl (C=O) groups excluding carboxylic acids is 1. The fourth-order valence-corrected chi connectivity index (χ4v) is 2.60. The third kappa shape index (κ3) is 4.93. The summed E-state index contributed by atoms with van der Waals surface area (Å²) in [5, 5.41) is 2.96. The van der Waals surface area contributed by atoms with Crippen LogP contribution in [0.1, 0.15) is 24.8 Å². The molecule has 3 nitrogen and oxygen atoms in total. The smallest absolute Gasteiger partial charge is 0.220 e. The third-order valence-corrected chi connectivity index (χ3v) is 3.96. The molecule has 2 rings (SSSR count). The zero-order valence-electron chi connectivity index (χ0n) is 12.1. The normalized spacial score (nSPS) is 17.1. The average Bonchev–Trinajstić information content (AvgIpc) is 2.44. The molecular weight excluding hydrogens is 255 g/mol. The molecule has 0 aromatic heterocycles. The molecule has 0 aliphatic carbocycles. The molecule has 110 valence electrons. The van der Waals surface area contributed by atoms with Crippen LogP contribution in [-0.4, -0.2) is 37.5 Å². The van der Waals surface area contributed by atoms with Gasteiger partial charge in [0.05, 0.1) is 0 Å². The summed E-state index contributed by atoms with van der Waals surface area (Å²) in [6.07, 6.45) is 3.61. The Labute approximate surface area is 120 Å². The molecule has 1 aliphatic rings. The van der Waals surface area contributed by atoms with Gasteiger partial charge in [-0.25, -0.2) is 4.39 Å². The van der Waals surface area contributed by atoms with Crippen molar-refractivity contribution >= 4 is 5.91 Å². The molecule has 1 aromatic carbocycles. The number of likely N-dealkylation sites (tertiary alicyclic amines) is 1. The highest BCUT2D eigenvalue weighted by Gasteiger charge is 2.19. The van der Waals surface area contributed by atoms with Gasteiger partial charge in [0.2, 0.25) is 5.91 Å². The molecule has 1 amide bonds. The van der Waals surface area contributed by atoms with Crippen molar-refractivity contribution in [2.75, 3.05) is 26.7 Å². The molecule has 1 saturated heterocycles. The minimum absolute atomic E-state index is 0.140. The van der Waals surface area contributed by atoms with Gasteiger partial charge in [0.1, 0.15) is 5.82 Å². The van der Waals surface area contributed by atoms with Crippen molar-refractivity contribution in [3.8, 4) is 0 Å². The van der Waals surface area contributed by atoms with Gasteiger partial charge >= 0.3 is 0 Å². The van der Waals surface area contributed by atoms with E-state index in [1.807, 2.05) is 0 Å². The van der Waals surface area contributed by atoms with E-state index in [-0.39, 0.29) is 11.7 Å². The Balaban J connectivity index is 1.64. The lowest BCUT2D eigenvalue weighted by Crippen LogP contribution is -2.34. The lowest BCUT2D eigenvalue weighted by atomic mass is 9.93. The van der Waals surface area contributed by atoms with Crippen LogP contribution in [0.2, 0.25) is 0 Å². The van der Waals surface area contributed by atoms with Crippen LogP contribution in [-0.2, 0) is 11.2 Å². The highest BCUT2D eigenvalue weighted by atomic mass is 19.1.